The molecule has 2 N–H and O–H groups in total. The fourth-order valence-electron chi connectivity index (χ4n) is 4.52. The summed E-state index contributed by atoms with van der Waals surface area (Å²) in [5, 5.41) is 22.6. The Morgan fingerprint density at radius 2 is 2.00 bits per heavy atom. The zero-order valence-electron chi connectivity index (χ0n) is 18.6. The Labute approximate surface area is 204 Å². The van der Waals surface area contributed by atoms with Crippen molar-refractivity contribution in [2.45, 2.75) is 18.3 Å². The minimum Gasteiger partial charge on any atom is -0.325 e. The molecule has 35 heavy (non-hydrogen) atoms. The monoisotopic (exact) mass is 487 g/mol. The molecule has 0 unspecified atom stereocenters. The van der Waals surface area contributed by atoms with Gasteiger partial charge < -0.3 is 5.32 Å². The maximum absolute atomic E-state index is 14.7. The number of hydrogen-bond acceptors (Lipinski definition) is 5. The first kappa shape index (κ1) is 21.4. The highest BCUT2D eigenvalue weighted by molar-refractivity contribution is 6.30. The molecule has 0 bridgehead atoms. The molecular weight excluding hydrogens is 469 g/mol. The summed E-state index contributed by atoms with van der Waals surface area (Å²) >= 11 is 5.97. The van der Waals surface area contributed by atoms with Gasteiger partial charge in [-0.1, -0.05) is 41.9 Å². The van der Waals surface area contributed by atoms with E-state index < -0.39 is 11.2 Å². The van der Waals surface area contributed by atoms with Crippen LogP contribution in [0.4, 0.5) is 10.1 Å². The summed E-state index contributed by atoms with van der Waals surface area (Å²) in [6, 6.07) is 16.4. The Morgan fingerprint density at radius 1 is 1.14 bits per heavy atom. The van der Waals surface area contributed by atoms with Crippen LogP contribution in [0.5, 0.6) is 0 Å². The number of fused-ring (bicyclic) bond motifs is 1. The number of carbonyl (C=O) groups excluding carboxylic acids is 1. The second-order valence-electron chi connectivity index (χ2n) is 8.69. The molecular formula is C25H19ClFN7O. The lowest BCUT2D eigenvalue weighted by Crippen LogP contribution is -2.28. The number of halogens is 2. The van der Waals surface area contributed by atoms with Crippen LogP contribution in [0.2, 0.25) is 5.02 Å². The molecule has 10 heteroatoms. The summed E-state index contributed by atoms with van der Waals surface area (Å²) in [6.07, 6.45) is 2.92. The van der Waals surface area contributed by atoms with Crippen molar-refractivity contribution in [1.82, 2.24) is 30.4 Å². The van der Waals surface area contributed by atoms with Crippen molar-refractivity contribution in [1.29, 1.82) is 0 Å². The van der Waals surface area contributed by atoms with Gasteiger partial charge in [-0.2, -0.15) is 5.10 Å². The number of amides is 1. The average molecular weight is 488 g/mol. The van der Waals surface area contributed by atoms with Gasteiger partial charge in [0.25, 0.3) is 0 Å². The molecule has 0 atom stereocenters. The van der Waals surface area contributed by atoms with Crippen molar-refractivity contribution in [3.63, 3.8) is 0 Å². The molecule has 0 saturated heterocycles. The van der Waals surface area contributed by atoms with Crippen LogP contribution in [-0.4, -0.2) is 36.3 Å². The molecule has 1 aliphatic rings. The van der Waals surface area contributed by atoms with Crippen LogP contribution in [0.15, 0.2) is 60.8 Å². The highest BCUT2D eigenvalue weighted by Gasteiger charge is 2.53. The fourth-order valence-corrected chi connectivity index (χ4v) is 4.70. The van der Waals surface area contributed by atoms with Crippen LogP contribution in [-0.2, 0) is 17.3 Å². The van der Waals surface area contributed by atoms with Crippen LogP contribution >= 0.6 is 11.6 Å². The van der Waals surface area contributed by atoms with Gasteiger partial charge in [0.15, 0.2) is 5.82 Å². The molecule has 2 aromatic heterocycles. The van der Waals surface area contributed by atoms with Gasteiger partial charge in [0.1, 0.15) is 5.82 Å². The number of benzene rings is 3. The van der Waals surface area contributed by atoms with Gasteiger partial charge in [0.05, 0.1) is 22.2 Å². The summed E-state index contributed by atoms with van der Waals surface area (Å²) in [4.78, 5) is 13.3. The molecule has 0 aliphatic heterocycles. The number of aryl methyl sites for hydroxylation is 1. The summed E-state index contributed by atoms with van der Waals surface area (Å²) in [5.41, 5.74) is 3.49. The molecule has 1 fully saturated rings. The quantitative estimate of drug-likeness (QED) is 0.368. The molecule has 6 rings (SSSR count). The number of nitrogens with zero attached hydrogens (tertiary/aromatic N) is 5. The van der Waals surface area contributed by atoms with E-state index in [1.165, 1.54) is 6.07 Å². The Bertz CT molecular complexity index is 1590. The van der Waals surface area contributed by atoms with Gasteiger partial charge in [-0.15, -0.1) is 5.10 Å². The number of aromatic nitrogens is 6. The second kappa shape index (κ2) is 7.99. The number of tetrazole rings is 1. The van der Waals surface area contributed by atoms with Crippen molar-refractivity contribution in [3.05, 3.63) is 77.2 Å². The van der Waals surface area contributed by atoms with Crippen LogP contribution in [0, 0.1) is 5.82 Å². The highest BCUT2D eigenvalue weighted by Crippen LogP contribution is 2.50. The van der Waals surface area contributed by atoms with E-state index >= 15 is 0 Å². The van der Waals surface area contributed by atoms with Gasteiger partial charge >= 0.3 is 0 Å². The first-order valence-electron chi connectivity index (χ1n) is 11.0. The zero-order valence-corrected chi connectivity index (χ0v) is 19.3. The van der Waals surface area contributed by atoms with Crippen LogP contribution in [0.25, 0.3) is 33.4 Å². The normalized spacial score (nSPS) is 14.3. The summed E-state index contributed by atoms with van der Waals surface area (Å²) in [7, 11) is 1.89. The standard InChI is InChI=1S/C25H19ClFN7O/c1-34-21-11-14(5-6-15(21)13-28-34)17-8-7-16(12-18(17)23-30-32-33-31-23)29-24(35)25(9-10-25)19-3-2-4-20(26)22(19)27/h2-8,11-13H,9-10H2,1H3,(H,29,35)(H,30,31,32,33). The summed E-state index contributed by atoms with van der Waals surface area (Å²) < 4.78 is 16.5. The van der Waals surface area contributed by atoms with Gasteiger partial charge in [0, 0.05) is 29.2 Å². The molecule has 174 valence electrons. The predicted octanol–water partition coefficient (Wildman–Crippen LogP) is 4.88. The molecule has 5 aromatic rings. The van der Waals surface area contributed by atoms with E-state index in [1.807, 2.05) is 54.3 Å². The van der Waals surface area contributed by atoms with Crippen molar-refractivity contribution >= 4 is 34.1 Å². The SMILES string of the molecule is Cn1ncc2ccc(-c3ccc(NC(=O)C4(c5cccc(Cl)c5F)CC4)cc3-c3nnn[nH]3)cc21. The lowest BCUT2D eigenvalue weighted by molar-refractivity contribution is -0.118. The fraction of sp³-hybridized carbons (Fsp3) is 0.160. The average Bonchev–Trinajstić information content (AvgIpc) is 3.32. The Morgan fingerprint density at radius 3 is 2.77 bits per heavy atom. The van der Waals surface area contributed by atoms with Gasteiger partial charge in [-0.25, -0.2) is 9.49 Å². The lowest BCUT2D eigenvalue weighted by Gasteiger charge is -2.18. The van der Waals surface area contributed by atoms with Crippen LogP contribution in [0.3, 0.4) is 0 Å². The number of aromatic amines is 1. The van der Waals surface area contributed by atoms with Crippen molar-refractivity contribution < 1.29 is 9.18 Å². The summed E-state index contributed by atoms with van der Waals surface area (Å²) in [5.74, 6) is -0.358. The topological polar surface area (TPSA) is 101 Å². The van der Waals surface area contributed by atoms with E-state index in [4.69, 9.17) is 11.6 Å². The first-order valence-corrected chi connectivity index (χ1v) is 11.4. The zero-order chi connectivity index (χ0) is 24.2. The third-order valence-corrected chi connectivity index (χ3v) is 6.88. The van der Waals surface area contributed by atoms with Crippen molar-refractivity contribution in [3.8, 4) is 22.5 Å². The lowest BCUT2D eigenvalue weighted by atomic mass is 9.93. The van der Waals surface area contributed by atoms with Gasteiger partial charge in [-0.3, -0.25) is 9.48 Å². The Hall–Kier alpha value is -4.11. The van der Waals surface area contributed by atoms with Gasteiger partial charge in [0.2, 0.25) is 5.91 Å². The highest BCUT2D eigenvalue weighted by atomic mass is 35.5. The molecule has 1 saturated carbocycles. The summed E-state index contributed by atoms with van der Waals surface area (Å²) in [6.45, 7) is 0. The number of hydrogen-bond donors (Lipinski definition) is 2. The molecule has 8 nitrogen and oxygen atoms in total. The smallest absolute Gasteiger partial charge is 0.235 e. The molecule has 1 aliphatic carbocycles. The Balaban J connectivity index is 1.38. The number of anilines is 1. The van der Waals surface area contributed by atoms with E-state index in [0.717, 1.165) is 22.0 Å². The van der Waals surface area contributed by atoms with E-state index in [0.29, 0.717) is 35.5 Å². The number of carbonyl (C=O) groups is 1. The van der Waals surface area contributed by atoms with E-state index in [-0.39, 0.29) is 10.9 Å². The van der Waals surface area contributed by atoms with Crippen LogP contribution < -0.4 is 5.32 Å². The number of H-pyrrole nitrogens is 1. The Kier molecular flexibility index (Phi) is 4.89. The molecule has 3 aromatic carbocycles. The third-order valence-electron chi connectivity index (χ3n) is 6.59. The largest absolute Gasteiger partial charge is 0.325 e. The maximum atomic E-state index is 14.7. The predicted molar refractivity (Wildman–Crippen MR) is 130 cm³/mol. The van der Waals surface area contributed by atoms with Gasteiger partial charge in [-0.05, 0) is 58.7 Å². The van der Waals surface area contributed by atoms with E-state index in [2.05, 4.69) is 31.0 Å². The van der Waals surface area contributed by atoms with Crippen molar-refractivity contribution in [2.75, 3.05) is 5.32 Å². The number of rotatable bonds is 5. The molecule has 2 heterocycles. The first-order chi connectivity index (χ1) is 17.0. The minimum absolute atomic E-state index is 0.0106. The maximum Gasteiger partial charge on any atom is 0.235 e. The third kappa shape index (κ3) is 3.55. The molecule has 1 amide bonds. The van der Waals surface area contributed by atoms with Crippen molar-refractivity contribution in [2.24, 2.45) is 7.05 Å². The van der Waals surface area contributed by atoms with Crippen LogP contribution in [0.1, 0.15) is 18.4 Å². The van der Waals surface area contributed by atoms with E-state index in [9.17, 15) is 9.18 Å². The van der Waals surface area contributed by atoms with E-state index in [1.54, 1.807) is 12.1 Å². The minimum atomic E-state index is -0.924. The molecule has 0 radical (unpaired) electrons. The molecule has 0 spiro atoms. The number of nitrogens with one attached hydrogen (secondary N) is 2. The second-order valence-corrected chi connectivity index (χ2v) is 9.10.